The molecular weight excluding hydrogens is 569 g/mol. The summed E-state index contributed by atoms with van der Waals surface area (Å²) in [5.41, 5.74) is 6.51. The van der Waals surface area contributed by atoms with Gasteiger partial charge in [0.05, 0.1) is 9.60 Å². The number of hydrogen-bond donors (Lipinski definition) is 0. The van der Waals surface area contributed by atoms with Gasteiger partial charge in [0.2, 0.25) is 0 Å². The highest BCUT2D eigenvalue weighted by atomic mass is 16.3. The fourth-order valence-electron chi connectivity index (χ4n) is 7.22. The number of fused-ring (bicyclic) bond motifs is 8. The van der Waals surface area contributed by atoms with Crippen LogP contribution in [0.1, 0.15) is 9.60 Å². The van der Waals surface area contributed by atoms with E-state index < -0.39 is 24.2 Å². The Morgan fingerprint density at radius 1 is 0.426 bits per heavy atom. The fraction of sp³-hybridized carbons (Fsp3) is 0. The minimum atomic E-state index is -0.487. The number of furan rings is 1. The zero-order valence-electron chi connectivity index (χ0n) is 32.0. The van der Waals surface area contributed by atoms with Crippen LogP contribution in [-0.2, 0) is 0 Å². The van der Waals surface area contributed by atoms with Crippen LogP contribution in [0, 0.1) is 0 Å². The average molecular weight is 604 g/mol. The lowest BCUT2D eigenvalue weighted by Gasteiger charge is -2.18. The number of rotatable bonds is 3. The van der Waals surface area contributed by atoms with Gasteiger partial charge in [-0.25, -0.2) is 0 Å². The molecular formula is C46H28O. The maximum absolute atomic E-state index is 9.43. The maximum Gasteiger partial charge on any atom is 0.143 e. The van der Waals surface area contributed by atoms with E-state index in [9.17, 15) is 2.74 Å². The Balaban J connectivity index is 1.29. The van der Waals surface area contributed by atoms with Gasteiger partial charge < -0.3 is 4.42 Å². The van der Waals surface area contributed by atoms with Crippen molar-refractivity contribution in [1.82, 2.24) is 0 Å². The normalized spacial score (nSPS) is 13.9. The molecule has 0 saturated heterocycles. The van der Waals surface area contributed by atoms with Crippen molar-refractivity contribution in [3.8, 4) is 33.4 Å². The first-order valence-corrected chi connectivity index (χ1v) is 15.6. The summed E-state index contributed by atoms with van der Waals surface area (Å²) in [5, 5.41) is 7.15. The van der Waals surface area contributed by atoms with Crippen molar-refractivity contribution in [2.45, 2.75) is 0 Å². The molecule has 10 rings (SSSR count). The summed E-state index contributed by atoms with van der Waals surface area (Å²) in [5.74, 6) is 0. The molecule has 0 unspecified atom stereocenters. The van der Waals surface area contributed by atoms with Crippen LogP contribution in [0.5, 0.6) is 0 Å². The fourth-order valence-corrected chi connectivity index (χ4v) is 7.22. The smallest absolute Gasteiger partial charge is 0.143 e. The molecule has 0 amide bonds. The average Bonchev–Trinajstić information content (AvgIpc) is 3.60. The van der Waals surface area contributed by atoms with Crippen molar-refractivity contribution in [2.24, 2.45) is 0 Å². The monoisotopic (exact) mass is 603 g/mol. The second kappa shape index (κ2) is 10.2. The van der Waals surface area contributed by atoms with E-state index in [1.165, 1.54) is 0 Å². The second-order valence-electron chi connectivity index (χ2n) is 11.9. The summed E-state index contributed by atoms with van der Waals surface area (Å²) < 4.78 is 68.2. The predicted octanol–water partition coefficient (Wildman–Crippen LogP) is 13.2. The van der Waals surface area contributed by atoms with Crippen LogP contribution < -0.4 is 0 Å². The molecule has 0 aliphatic carbocycles. The van der Waals surface area contributed by atoms with E-state index in [0.717, 1.165) is 76.5 Å². The van der Waals surface area contributed by atoms with Gasteiger partial charge in [-0.15, -0.1) is 0 Å². The van der Waals surface area contributed by atoms with Gasteiger partial charge in [0.15, 0.2) is 0 Å². The second-order valence-corrected chi connectivity index (χ2v) is 11.9. The zero-order valence-corrected chi connectivity index (χ0v) is 25.0. The summed E-state index contributed by atoms with van der Waals surface area (Å²) in [6.45, 7) is 0. The lowest BCUT2D eigenvalue weighted by molar-refractivity contribution is 0.673. The van der Waals surface area contributed by atoms with Crippen molar-refractivity contribution in [2.75, 3.05) is 0 Å². The molecule has 0 N–H and O–H groups in total. The van der Waals surface area contributed by atoms with Crippen LogP contribution >= 0.6 is 0 Å². The van der Waals surface area contributed by atoms with Crippen molar-refractivity contribution in [1.29, 1.82) is 0 Å². The highest BCUT2D eigenvalue weighted by Gasteiger charge is 2.21. The first-order valence-electron chi connectivity index (χ1n) is 19.1. The summed E-state index contributed by atoms with van der Waals surface area (Å²) in [6, 6.07) is 40.3. The van der Waals surface area contributed by atoms with E-state index in [-0.39, 0.29) is 34.5 Å². The SMILES string of the molecule is [2H]c1c([2H])c([2H])c2c([2H])c(-c3c4ccccc4c(-c4cccc5oc6c7ccc(-c8ccccc8)cc7ccc6c45)c4ccccc34)c([2H])c([2H])c2c1[2H]. The third-order valence-corrected chi connectivity index (χ3v) is 9.29. The van der Waals surface area contributed by atoms with E-state index >= 15 is 0 Å². The largest absolute Gasteiger partial charge is 0.455 e. The molecule has 0 aliphatic rings. The molecule has 1 aromatic heterocycles. The Morgan fingerprint density at radius 3 is 1.87 bits per heavy atom. The molecule has 1 heteroatoms. The zero-order chi connectivity index (χ0) is 37.0. The van der Waals surface area contributed by atoms with Gasteiger partial charge in [-0.05, 0) is 101 Å². The molecule has 0 fully saturated rings. The molecule has 218 valence electrons. The summed E-state index contributed by atoms with van der Waals surface area (Å²) in [4.78, 5) is 0. The Hall–Kier alpha value is -6.18. The van der Waals surface area contributed by atoms with Gasteiger partial charge in [0.25, 0.3) is 0 Å². The summed E-state index contributed by atoms with van der Waals surface area (Å²) in [6.07, 6.45) is 0. The Morgan fingerprint density at radius 2 is 1.11 bits per heavy atom. The Bertz CT molecular complexity index is 3180. The van der Waals surface area contributed by atoms with Gasteiger partial charge in [0, 0.05) is 16.2 Å². The molecule has 0 atom stereocenters. The standard InChI is InChI=1S/C46H28O/c1-2-11-29(12-3-1)32-23-25-35-33(27-32)24-26-41-45-40(19-10-20-42(45)47-46(35)41)44-38-17-8-6-15-36(38)43(37-16-7-9-18-39(37)44)34-22-21-30-13-4-5-14-31(30)28-34/h1-28H/i4D,5D,13D,14D,21D,22D,28D. The molecule has 0 radical (unpaired) electrons. The number of benzene rings is 9. The lowest BCUT2D eigenvalue weighted by atomic mass is 9.84. The highest BCUT2D eigenvalue weighted by molar-refractivity contribution is 6.27. The highest BCUT2D eigenvalue weighted by Crippen LogP contribution is 2.47. The third-order valence-electron chi connectivity index (χ3n) is 9.29. The van der Waals surface area contributed by atoms with Gasteiger partial charge in [-0.1, -0.05) is 139 Å². The minimum Gasteiger partial charge on any atom is -0.455 e. The Labute approximate surface area is 281 Å². The van der Waals surface area contributed by atoms with E-state index in [0.29, 0.717) is 5.56 Å². The van der Waals surface area contributed by atoms with Crippen molar-refractivity contribution >= 4 is 65.0 Å². The minimum absolute atomic E-state index is 0.0630. The van der Waals surface area contributed by atoms with E-state index in [2.05, 4.69) is 48.5 Å². The van der Waals surface area contributed by atoms with Gasteiger partial charge in [-0.2, -0.15) is 0 Å². The Kier molecular flexibility index (Phi) is 4.34. The van der Waals surface area contributed by atoms with Gasteiger partial charge >= 0.3 is 0 Å². The van der Waals surface area contributed by atoms with Crippen LogP contribution in [-0.4, -0.2) is 0 Å². The van der Waals surface area contributed by atoms with Crippen LogP contribution in [0.15, 0.2) is 174 Å². The molecule has 10 aromatic rings. The van der Waals surface area contributed by atoms with E-state index in [4.69, 9.17) is 11.3 Å². The molecule has 0 saturated carbocycles. The van der Waals surface area contributed by atoms with Crippen LogP contribution in [0.3, 0.4) is 0 Å². The lowest BCUT2D eigenvalue weighted by Crippen LogP contribution is -1.91. The topological polar surface area (TPSA) is 13.1 Å². The van der Waals surface area contributed by atoms with Gasteiger partial charge in [-0.3, -0.25) is 0 Å². The van der Waals surface area contributed by atoms with E-state index in [1.54, 1.807) is 0 Å². The van der Waals surface area contributed by atoms with Crippen molar-refractivity contribution in [3.63, 3.8) is 0 Å². The molecule has 9 aromatic carbocycles. The van der Waals surface area contributed by atoms with Crippen LogP contribution in [0.25, 0.3) is 98.4 Å². The predicted molar refractivity (Wildman–Crippen MR) is 200 cm³/mol. The van der Waals surface area contributed by atoms with Gasteiger partial charge in [0.1, 0.15) is 11.2 Å². The first-order chi connectivity index (χ1) is 26.2. The van der Waals surface area contributed by atoms with Crippen molar-refractivity contribution < 1.29 is 14.0 Å². The summed E-state index contributed by atoms with van der Waals surface area (Å²) >= 11 is 0. The maximum atomic E-state index is 9.43. The molecule has 1 nitrogen and oxygen atoms in total. The first kappa shape index (κ1) is 20.0. The molecule has 1 heterocycles. The van der Waals surface area contributed by atoms with Crippen molar-refractivity contribution in [3.05, 3.63) is 170 Å². The summed E-state index contributed by atoms with van der Waals surface area (Å²) in [7, 11) is 0. The quantitative estimate of drug-likeness (QED) is 0.183. The van der Waals surface area contributed by atoms with Crippen LogP contribution in [0.4, 0.5) is 0 Å². The number of hydrogen-bond acceptors (Lipinski definition) is 1. The van der Waals surface area contributed by atoms with E-state index in [1.807, 2.05) is 78.9 Å². The molecule has 0 aliphatic heterocycles. The molecule has 0 bridgehead atoms. The molecule has 0 spiro atoms. The molecule has 47 heavy (non-hydrogen) atoms. The third kappa shape index (κ3) is 3.97. The van der Waals surface area contributed by atoms with Crippen LogP contribution in [0.2, 0.25) is 0 Å².